The van der Waals surface area contributed by atoms with Crippen molar-refractivity contribution in [3.05, 3.63) is 89.9 Å². The Morgan fingerprint density at radius 3 is 2.33 bits per heavy atom. The molecule has 0 aliphatic carbocycles. The second-order valence-electron chi connectivity index (χ2n) is 8.52. The first-order chi connectivity index (χ1) is 16.2. The smallest absolute Gasteiger partial charge is 0.255 e. The van der Waals surface area contributed by atoms with Gasteiger partial charge in [0.2, 0.25) is 0 Å². The Hall–Kier alpha value is -3.45. The van der Waals surface area contributed by atoms with Crippen LogP contribution in [0, 0.1) is 5.82 Å². The lowest BCUT2D eigenvalue weighted by molar-refractivity contribution is 0.0746. The summed E-state index contributed by atoms with van der Waals surface area (Å²) in [7, 11) is 0. The molecule has 7 heteroatoms. The molecule has 2 fully saturated rings. The lowest BCUT2D eigenvalue weighted by atomic mass is 10.0. The summed E-state index contributed by atoms with van der Waals surface area (Å²) in [6.07, 6.45) is 1.70. The number of rotatable bonds is 4. The zero-order chi connectivity index (χ0) is 22.6. The molecule has 1 aromatic heterocycles. The molecule has 1 atom stereocenters. The Balaban J connectivity index is 1.19. The highest BCUT2D eigenvalue weighted by Gasteiger charge is 2.24. The quantitative estimate of drug-likeness (QED) is 0.668. The first kappa shape index (κ1) is 21.4. The highest BCUT2D eigenvalue weighted by atomic mass is 19.1. The molecule has 6 nitrogen and oxygen atoms in total. The fraction of sp³-hybridized carbons (Fsp3) is 0.308. The minimum atomic E-state index is -0.236. The van der Waals surface area contributed by atoms with E-state index >= 15 is 0 Å². The van der Waals surface area contributed by atoms with E-state index in [1.165, 1.54) is 17.7 Å². The molecule has 170 valence electrons. The van der Waals surface area contributed by atoms with Gasteiger partial charge < -0.3 is 20.0 Å². The number of aromatic nitrogens is 1. The number of piperazine rings is 2. The molecule has 2 aliphatic heterocycles. The van der Waals surface area contributed by atoms with Crippen molar-refractivity contribution in [1.82, 2.24) is 15.2 Å². The summed E-state index contributed by atoms with van der Waals surface area (Å²) in [6.45, 7) is 5.34. The molecule has 2 aromatic carbocycles. The number of pyridine rings is 1. The summed E-state index contributed by atoms with van der Waals surface area (Å²) in [4.78, 5) is 23.9. The van der Waals surface area contributed by atoms with Gasteiger partial charge in [0, 0.05) is 63.7 Å². The van der Waals surface area contributed by atoms with Crippen molar-refractivity contribution in [1.29, 1.82) is 0 Å². The number of nitrogens with one attached hydrogen (secondary N) is 1. The number of hydrogen-bond donors (Lipinski definition) is 1. The van der Waals surface area contributed by atoms with Crippen LogP contribution >= 0.6 is 0 Å². The molecule has 0 bridgehead atoms. The van der Waals surface area contributed by atoms with Crippen molar-refractivity contribution in [2.45, 2.75) is 6.04 Å². The van der Waals surface area contributed by atoms with Crippen LogP contribution in [-0.2, 0) is 0 Å². The van der Waals surface area contributed by atoms with Crippen LogP contribution in [0.25, 0.3) is 0 Å². The molecule has 0 radical (unpaired) electrons. The summed E-state index contributed by atoms with van der Waals surface area (Å²) >= 11 is 0. The van der Waals surface area contributed by atoms with Gasteiger partial charge in [-0.05, 0) is 42.0 Å². The second-order valence-corrected chi connectivity index (χ2v) is 8.52. The Morgan fingerprint density at radius 2 is 1.64 bits per heavy atom. The molecule has 2 aliphatic rings. The predicted octanol–water partition coefficient (Wildman–Crippen LogP) is 3.33. The summed E-state index contributed by atoms with van der Waals surface area (Å²) in [5.41, 5.74) is 2.87. The summed E-state index contributed by atoms with van der Waals surface area (Å²) < 4.78 is 13.2. The maximum atomic E-state index is 13.2. The van der Waals surface area contributed by atoms with Gasteiger partial charge in [-0.3, -0.25) is 4.79 Å². The zero-order valence-corrected chi connectivity index (χ0v) is 18.5. The van der Waals surface area contributed by atoms with Gasteiger partial charge in [-0.2, -0.15) is 0 Å². The van der Waals surface area contributed by atoms with Gasteiger partial charge in [-0.15, -0.1) is 0 Å². The summed E-state index contributed by atoms with van der Waals surface area (Å²) in [6, 6.07) is 21.1. The van der Waals surface area contributed by atoms with Crippen LogP contribution in [0.1, 0.15) is 22.0 Å². The van der Waals surface area contributed by atoms with Crippen LogP contribution in [0.15, 0.2) is 72.9 Å². The van der Waals surface area contributed by atoms with Crippen LogP contribution in [0.3, 0.4) is 0 Å². The third kappa shape index (κ3) is 4.83. The number of benzene rings is 2. The van der Waals surface area contributed by atoms with Crippen LogP contribution in [0.4, 0.5) is 15.9 Å². The average Bonchev–Trinajstić information content (AvgIpc) is 2.89. The molecule has 3 heterocycles. The minimum absolute atomic E-state index is 0.00952. The number of nitrogens with zero attached hydrogens (tertiary/aromatic N) is 4. The van der Waals surface area contributed by atoms with Crippen molar-refractivity contribution >= 4 is 17.4 Å². The lowest BCUT2D eigenvalue weighted by Gasteiger charge is -2.36. The second kappa shape index (κ2) is 9.58. The standard InChI is InChI=1S/C26H28FN5O/c27-22-7-9-23(10-8-22)30-14-16-31(17-15-30)26(33)21-6-11-25(29-18-21)32-13-12-28-24(19-32)20-4-2-1-3-5-20/h1-11,18,24,28H,12-17,19H2/t24-/m1/s1. The topological polar surface area (TPSA) is 51.7 Å². The Morgan fingerprint density at radius 1 is 0.879 bits per heavy atom. The van der Waals surface area contributed by atoms with E-state index in [4.69, 9.17) is 0 Å². The molecule has 2 saturated heterocycles. The van der Waals surface area contributed by atoms with E-state index in [0.29, 0.717) is 18.7 Å². The third-order valence-electron chi connectivity index (χ3n) is 6.45. The van der Waals surface area contributed by atoms with Gasteiger partial charge in [0.1, 0.15) is 11.6 Å². The third-order valence-corrected chi connectivity index (χ3v) is 6.45. The highest BCUT2D eigenvalue weighted by molar-refractivity contribution is 5.94. The van der Waals surface area contributed by atoms with Gasteiger partial charge in [-0.25, -0.2) is 9.37 Å². The van der Waals surface area contributed by atoms with Crippen LogP contribution in [0.5, 0.6) is 0 Å². The summed E-state index contributed by atoms with van der Waals surface area (Å²) in [5, 5.41) is 3.57. The van der Waals surface area contributed by atoms with Gasteiger partial charge in [-0.1, -0.05) is 30.3 Å². The lowest BCUT2D eigenvalue weighted by Crippen LogP contribution is -2.48. The zero-order valence-electron chi connectivity index (χ0n) is 18.5. The molecule has 1 N–H and O–H groups in total. The molecule has 33 heavy (non-hydrogen) atoms. The van der Waals surface area contributed by atoms with E-state index in [1.54, 1.807) is 18.3 Å². The van der Waals surface area contributed by atoms with E-state index in [-0.39, 0.29) is 17.8 Å². The molecule has 0 spiro atoms. The number of carbonyl (C=O) groups is 1. The highest BCUT2D eigenvalue weighted by Crippen LogP contribution is 2.22. The molecule has 5 rings (SSSR count). The fourth-order valence-corrected chi connectivity index (χ4v) is 4.57. The van der Waals surface area contributed by atoms with Gasteiger partial charge >= 0.3 is 0 Å². The van der Waals surface area contributed by atoms with E-state index in [0.717, 1.165) is 44.2 Å². The molecular formula is C26H28FN5O. The first-order valence-electron chi connectivity index (χ1n) is 11.5. The predicted molar refractivity (Wildman–Crippen MR) is 128 cm³/mol. The van der Waals surface area contributed by atoms with E-state index in [1.807, 2.05) is 23.1 Å². The van der Waals surface area contributed by atoms with Gasteiger partial charge in [0.05, 0.1) is 5.56 Å². The fourth-order valence-electron chi connectivity index (χ4n) is 4.57. The SMILES string of the molecule is O=C(c1ccc(N2CCN[C@@H](c3ccccc3)C2)nc1)N1CCN(c2ccc(F)cc2)CC1. The van der Waals surface area contributed by atoms with Crippen molar-refractivity contribution in [2.24, 2.45) is 0 Å². The normalized spacial score (nSPS) is 18.9. The largest absolute Gasteiger partial charge is 0.368 e. The Bertz CT molecular complexity index is 1070. The Labute approximate surface area is 193 Å². The monoisotopic (exact) mass is 445 g/mol. The molecular weight excluding hydrogens is 417 g/mol. The average molecular weight is 446 g/mol. The van der Waals surface area contributed by atoms with Gasteiger partial charge in [0.15, 0.2) is 0 Å². The maximum Gasteiger partial charge on any atom is 0.255 e. The first-order valence-corrected chi connectivity index (χ1v) is 11.5. The van der Waals surface area contributed by atoms with Crippen LogP contribution in [0.2, 0.25) is 0 Å². The van der Waals surface area contributed by atoms with Crippen LogP contribution < -0.4 is 15.1 Å². The molecule has 0 unspecified atom stereocenters. The van der Waals surface area contributed by atoms with Crippen molar-refractivity contribution in [3.63, 3.8) is 0 Å². The number of anilines is 2. The Kier molecular flexibility index (Phi) is 6.21. The maximum absolute atomic E-state index is 13.2. The van der Waals surface area contributed by atoms with Crippen LogP contribution in [-0.4, -0.2) is 61.6 Å². The van der Waals surface area contributed by atoms with Crippen molar-refractivity contribution < 1.29 is 9.18 Å². The number of hydrogen-bond acceptors (Lipinski definition) is 5. The van der Waals surface area contributed by atoms with Crippen molar-refractivity contribution in [2.75, 3.05) is 55.6 Å². The molecule has 1 amide bonds. The molecule has 3 aromatic rings. The van der Waals surface area contributed by atoms with E-state index in [9.17, 15) is 9.18 Å². The number of amides is 1. The minimum Gasteiger partial charge on any atom is -0.368 e. The van der Waals surface area contributed by atoms with Crippen molar-refractivity contribution in [3.8, 4) is 0 Å². The molecule has 0 saturated carbocycles. The number of carbonyl (C=O) groups excluding carboxylic acids is 1. The number of halogens is 1. The summed E-state index contributed by atoms with van der Waals surface area (Å²) in [5.74, 6) is 0.672. The van der Waals surface area contributed by atoms with E-state index in [2.05, 4.69) is 44.4 Å². The van der Waals surface area contributed by atoms with E-state index < -0.39 is 0 Å². The van der Waals surface area contributed by atoms with Gasteiger partial charge in [0.25, 0.3) is 5.91 Å².